The lowest BCUT2D eigenvalue weighted by Crippen LogP contribution is -2.30. The van der Waals surface area contributed by atoms with E-state index < -0.39 is 27.7 Å². The van der Waals surface area contributed by atoms with Crippen molar-refractivity contribution in [2.45, 2.75) is 13.0 Å². The lowest BCUT2D eigenvalue weighted by molar-refractivity contribution is -0.116. The van der Waals surface area contributed by atoms with Crippen LogP contribution in [-0.2, 0) is 21.4 Å². The molecular formula is C17H14ClFN2O4S. The van der Waals surface area contributed by atoms with Crippen LogP contribution in [0.1, 0.15) is 22.3 Å². The van der Waals surface area contributed by atoms with Gasteiger partial charge in [0.25, 0.3) is 5.91 Å². The first-order valence-electron chi connectivity index (χ1n) is 7.66. The number of carbonyl (C=O) groups is 2. The van der Waals surface area contributed by atoms with Crippen LogP contribution in [0.25, 0.3) is 0 Å². The minimum absolute atomic E-state index is 0.0366. The van der Waals surface area contributed by atoms with Crippen LogP contribution in [0.15, 0.2) is 42.5 Å². The number of nitrogens with zero attached hydrogens (tertiary/aromatic N) is 1. The minimum atomic E-state index is -3.80. The molecule has 26 heavy (non-hydrogen) atoms. The third-order valence-electron chi connectivity index (χ3n) is 3.90. The fourth-order valence-corrected chi connectivity index (χ4v) is 4.30. The lowest BCUT2D eigenvalue weighted by atomic mass is 10.1. The summed E-state index contributed by atoms with van der Waals surface area (Å²) in [6.45, 7) is -0.0373. The molecule has 0 unspecified atom stereocenters. The predicted molar refractivity (Wildman–Crippen MR) is 94.9 cm³/mol. The Labute approximate surface area is 154 Å². The molecule has 6 nitrogen and oxygen atoms in total. The molecule has 0 aliphatic carbocycles. The van der Waals surface area contributed by atoms with Crippen molar-refractivity contribution < 1.29 is 22.4 Å². The fraction of sp³-hybridized carbons (Fsp3) is 0.176. The van der Waals surface area contributed by atoms with E-state index in [4.69, 9.17) is 11.6 Å². The maximum Gasteiger partial charge on any atom is 0.251 e. The van der Waals surface area contributed by atoms with Gasteiger partial charge in [0.15, 0.2) is 0 Å². The Morgan fingerprint density at radius 3 is 2.62 bits per heavy atom. The van der Waals surface area contributed by atoms with Crippen molar-refractivity contribution in [3.8, 4) is 0 Å². The maximum atomic E-state index is 13.6. The van der Waals surface area contributed by atoms with E-state index in [0.29, 0.717) is 9.87 Å². The number of carbonyl (C=O) groups excluding carboxylic acids is 2. The Balaban J connectivity index is 1.84. The highest BCUT2D eigenvalue weighted by molar-refractivity contribution is 7.94. The van der Waals surface area contributed by atoms with Crippen LogP contribution in [0.4, 0.5) is 10.1 Å². The van der Waals surface area contributed by atoms with Crippen molar-refractivity contribution in [1.82, 2.24) is 5.32 Å². The molecule has 1 fully saturated rings. The molecule has 0 bridgehead atoms. The van der Waals surface area contributed by atoms with Crippen molar-refractivity contribution in [3.63, 3.8) is 0 Å². The third kappa shape index (κ3) is 3.56. The standard InChI is InChI=1S/C17H14ClFN2O4S/c18-13-6-5-11(9-15(13)21-16(22)7-8-26(21,24)25)17(23)20-10-12-3-1-2-4-14(12)19/h1-6,9H,7-8,10H2,(H,20,23). The van der Waals surface area contributed by atoms with Crippen molar-refractivity contribution in [2.75, 3.05) is 10.1 Å². The van der Waals surface area contributed by atoms with Crippen LogP contribution in [0.3, 0.4) is 0 Å². The molecule has 0 saturated carbocycles. The lowest BCUT2D eigenvalue weighted by Gasteiger charge is -2.17. The second-order valence-corrected chi connectivity index (χ2v) is 8.01. The van der Waals surface area contributed by atoms with Crippen molar-refractivity contribution in [2.24, 2.45) is 0 Å². The van der Waals surface area contributed by atoms with Crippen LogP contribution >= 0.6 is 11.6 Å². The molecule has 3 rings (SSSR count). The van der Waals surface area contributed by atoms with Gasteiger partial charge in [-0.3, -0.25) is 9.59 Å². The number of hydrogen-bond acceptors (Lipinski definition) is 4. The largest absolute Gasteiger partial charge is 0.348 e. The summed E-state index contributed by atoms with van der Waals surface area (Å²) in [6.07, 6.45) is -0.137. The average Bonchev–Trinajstić information content (AvgIpc) is 2.87. The summed E-state index contributed by atoms with van der Waals surface area (Å²) < 4.78 is 38.4. The van der Waals surface area contributed by atoms with E-state index in [1.54, 1.807) is 18.2 Å². The first-order valence-corrected chi connectivity index (χ1v) is 9.65. The average molecular weight is 397 g/mol. The van der Waals surface area contributed by atoms with Crippen LogP contribution in [0.2, 0.25) is 5.02 Å². The number of amides is 2. The first-order chi connectivity index (χ1) is 12.3. The van der Waals surface area contributed by atoms with Gasteiger partial charge in [0, 0.05) is 24.1 Å². The molecular weight excluding hydrogens is 383 g/mol. The number of sulfonamides is 1. The van der Waals surface area contributed by atoms with Gasteiger partial charge in [-0.2, -0.15) is 0 Å². The molecule has 2 amide bonds. The maximum absolute atomic E-state index is 13.6. The molecule has 0 radical (unpaired) electrons. The summed E-state index contributed by atoms with van der Waals surface area (Å²) in [7, 11) is -3.80. The molecule has 1 saturated heterocycles. The summed E-state index contributed by atoms with van der Waals surface area (Å²) in [5.41, 5.74) is 0.357. The van der Waals surface area contributed by atoms with E-state index in [-0.39, 0.29) is 35.0 Å². The molecule has 1 aliphatic rings. The number of nitrogens with one attached hydrogen (secondary N) is 1. The monoisotopic (exact) mass is 396 g/mol. The Morgan fingerprint density at radius 2 is 1.96 bits per heavy atom. The van der Waals surface area contributed by atoms with Gasteiger partial charge in [0.2, 0.25) is 15.9 Å². The molecule has 136 valence electrons. The molecule has 2 aromatic rings. The van der Waals surface area contributed by atoms with Gasteiger partial charge < -0.3 is 5.32 Å². The zero-order chi connectivity index (χ0) is 18.9. The van der Waals surface area contributed by atoms with E-state index in [1.807, 2.05) is 0 Å². The molecule has 1 aliphatic heterocycles. The van der Waals surface area contributed by atoms with Gasteiger partial charge in [-0.05, 0) is 24.3 Å². The van der Waals surface area contributed by atoms with Crippen LogP contribution in [-0.4, -0.2) is 26.0 Å². The van der Waals surface area contributed by atoms with Crippen molar-refractivity contribution in [3.05, 3.63) is 64.4 Å². The number of halogens is 2. The summed E-state index contributed by atoms with van der Waals surface area (Å²) >= 11 is 6.03. The van der Waals surface area contributed by atoms with Gasteiger partial charge in [-0.15, -0.1) is 0 Å². The normalized spacial score (nSPS) is 15.9. The second kappa shape index (κ2) is 7.05. The second-order valence-electron chi connectivity index (χ2n) is 5.66. The summed E-state index contributed by atoms with van der Waals surface area (Å²) in [4.78, 5) is 24.2. The molecule has 9 heteroatoms. The number of anilines is 1. The third-order valence-corrected chi connectivity index (χ3v) is 5.90. The van der Waals surface area contributed by atoms with Crippen LogP contribution in [0, 0.1) is 5.82 Å². The summed E-state index contributed by atoms with van der Waals surface area (Å²) in [6, 6.07) is 9.99. The smallest absolute Gasteiger partial charge is 0.251 e. The Kier molecular flexibility index (Phi) is 4.97. The van der Waals surface area contributed by atoms with Crippen molar-refractivity contribution >= 4 is 39.1 Å². The highest BCUT2D eigenvalue weighted by Crippen LogP contribution is 2.32. The van der Waals surface area contributed by atoms with Crippen LogP contribution < -0.4 is 9.62 Å². The SMILES string of the molecule is O=C(NCc1ccccc1F)c1ccc(Cl)c(N2C(=O)CCS2(=O)=O)c1. The van der Waals surface area contributed by atoms with Gasteiger partial charge >= 0.3 is 0 Å². The number of hydrogen-bond donors (Lipinski definition) is 1. The molecule has 2 aromatic carbocycles. The highest BCUT2D eigenvalue weighted by atomic mass is 35.5. The molecule has 1 heterocycles. The van der Waals surface area contributed by atoms with Gasteiger partial charge in [0.1, 0.15) is 5.82 Å². The van der Waals surface area contributed by atoms with E-state index >= 15 is 0 Å². The molecule has 0 atom stereocenters. The minimum Gasteiger partial charge on any atom is -0.348 e. The zero-order valence-corrected chi connectivity index (χ0v) is 15.0. The Bertz CT molecular complexity index is 994. The number of rotatable bonds is 4. The predicted octanol–water partition coefficient (Wildman–Crippen LogP) is 2.48. The van der Waals surface area contributed by atoms with E-state index in [2.05, 4.69) is 5.32 Å². The van der Waals surface area contributed by atoms with Crippen LogP contribution in [0.5, 0.6) is 0 Å². The molecule has 0 aromatic heterocycles. The molecule has 0 spiro atoms. The fourth-order valence-electron chi connectivity index (χ4n) is 2.58. The summed E-state index contributed by atoms with van der Waals surface area (Å²) in [5.74, 6) is -1.89. The Morgan fingerprint density at radius 1 is 1.23 bits per heavy atom. The van der Waals surface area contributed by atoms with Gasteiger partial charge in [-0.1, -0.05) is 29.8 Å². The van der Waals surface area contributed by atoms with Gasteiger partial charge in [-0.25, -0.2) is 17.1 Å². The zero-order valence-electron chi connectivity index (χ0n) is 13.4. The first kappa shape index (κ1) is 18.3. The van der Waals surface area contributed by atoms with E-state index in [1.165, 1.54) is 24.3 Å². The topological polar surface area (TPSA) is 83.6 Å². The number of benzene rings is 2. The highest BCUT2D eigenvalue weighted by Gasteiger charge is 2.37. The van der Waals surface area contributed by atoms with E-state index in [9.17, 15) is 22.4 Å². The van der Waals surface area contributed by atoms with Gasteiger partial charge in [0.05, 0.1) is 16.5 Å². The Hall–Kier alpha value is -2.45. The van der Waals surface area contributed by atoms with Crippen molar-refractivity contribution in [1.29, 1.82) is 0 Å². The summed E-state index contributed by atoms with van der Waals surface area (Å²) in [5, 5.41) is 2.59. The van der Waals surface area contributed by atoms with E-state index in [0.717, 1.165) is 0 Å². The molecule has 1 N–H and O–H groups in total. The quantitative estimate of drug-likeness (QED) is 0.860.